The van der Waals surface area contributed by atoms with Crippen LogP contribution in [0.2, 0.25) is 5.02 Å². The van der Waals surface area contributed by atoms with Gasteiger partial charge in [0.2, 0.25) is 10.0 Å². The van der Waals surface area contributed by atoms with Crippen molar-refractivity contribution in [2.75, 3.05) is 26.3 Å². The molecule has 3 rings (SSSR count). The summed E-state index contributed by atoms with van der Waals surface area (Å²) in [5, 5.41) is 0.535. The van der Waals surface area contributed by atoms with Gasteiger partial charge in [0, 0.05) is 30.2 Å². The van der Waals surface area contributed by atoms with Gasteiger partial charge in [-0.05, 0) is 37.1 Å². The van der Waals surface area contributed by atoms with Gasteiger partial charge in [0.25, 0.3) is 0 Å². The molecule has 2 fully saturated rings. The van der Waals surface area contributed by atoms with Crippen molar-refractivity contribution in [3.05, 3.63) is 29.3 Å². The maximum Gasteiger partial charge on any atom is 0.240 e. The highest BCUT2D eigenvalue weighted by Crippen LogP contribution is 2.26. The topological polar surface area (TPSA) is 58.6 Å². The van der Waals surface area contributed by atoms with Crippen LogP contribution in [0.15, 0.2) is 29.2 Å². The van der Waals surface area contributed by atoms with Crippen LogP contribution in [0.4, 0.5) is 0 Å². The van der Waals surface area contributed by atoms with E-state index >= 15 is 0 Å². The number of rotatable bonds is 4. The lowest BCUT2D eigenvalue weighted by Gasteiger charge is -2.41. The Morgan fingerprint density at radius 3 is 2.43 bits per heavy atom. The van der Waals surface area contributed by atoms with Gasteiger partial charge >= 0.3 is 0 Å². The molecule has 2 aliphatic rings. The van der Waals surface area contributed by atoms with E-state index in [9.17, 15) is 8.42 Å². The van der Waals surface area contributed by atoms with Crippen LogP contribution in [0, 0.1) is 0 Å². The molecule has 0 amide bonds. The van der Waals surface area contributed by atoms with Crippen LogP contribution in [0.5, 0.6) is 0 Å². The Bertz CT molecular complexity index is 615. The number of hydrogen-bond donors (Lipinski definition) is 1. The third-order valence-electron chi connectivity index (χ3n) is 4.67. The Balaban J connectivity index is 1.74. The molecule has 0 spiro atoms. The highest BCUT2D eigenvalue weighted by molar-refractivity contribution is 7.89. The quantitative estimate of drug-likeness (QED) is 0.897. The highest BCUT2D eigenvalue weighted by atomic mass is 35.5. The summed E-state index contributed by atoms with van der Waals surface area (Å²) in [5.74, 6) is 0. The zero-order valence-corrected chi connectivity index (χ0v) is 14.7. The minimum Gasteiger partial charge on any atom is -0.379 e. The zero-order chi connectivity index (χ0) is 16.3. The number of nitrogens with one attached hydrogen (secondary N) is 1. The lowest BCUT2D eigenvalue weighted by Crippen LogP contribution is -2.55. The molecule has 23 heavy (non-hydrogen) atoms. The van der Waals surface area contributed by atoms with E-state index in [1.54, 1.807) is 24.3 Å². The molecule has 128 valence electrons. The Labute approximate surface area is 143 Å². The summed E-state index contributed by atoms with van der Waals surface area (Å²) in [6.07, 6.45) is 4.14. The van der Waals surface area contributed by atoms with E-state index in [2.05, 4.69) is 9.62 Å². The highest BCUT2D eigenvalue weighted by Gasteiger charge is 2.33. The number of sulfonamides is 1. The van der Waals surface area contributed by atoms with Crippen LogP contribution in [-0.2, 0) is 14.8 Å². The molecule has 0 bridgehead atoms. The standard InChI is InChI=1S/C16H23ClN2O3S/c17-13-5-7-14(8-6-13)23(20,21)18-15-3-1-2-4-16(15)19-9-11-22-12-10-19/h5-8,15-16,18H,1-4,9-12H2/t15-,16-/m1/s1. The molecule has 1 saturated heterocycles. The molecule has 1 aromatic rings. The average Bonchev–Trinajstić information content (AvgIpc) is 2.56. The SMILES string of the molecule is O=S(=O)(N[C@@H]1CCCC[C@H]1N1CCOCC1)c1ccc(Cl)cc1. The summed E-state index contributed by atoms with van der Waals surface area (Å²) >= 11 is 5.84. The van der Waals surface area contributed by atoms with Crippen LogP contribution in [0.1, 0.15) is 25.7 Å². The largest absolute Gasteiger partial charge is 0.379 e. The Morgan fingerprint density at radius 1 is 1.09 bits per heavy atom. The van der Waals surface area contributed by atoms with Crippen LogP contribution in [0.3, 0.4) is 0 Å². The zero-order valence-electron chi connectivity index (χ0n) is 13.1. The fourth-order valence-electron chi connectivity index (χ4n) is 3.48. The van der Waals surface area contributed by atoms with Crippen LogP contribution >= 0.6 is 11.6 Å². The first kappa shape index (κ1) is 17.2. The Morgan fingerprint density at radius 2 is 1.74 bits per heavy atom. The van der Waals surface area contributed by atoms with Crippen molar-refractivity contribution >= 4 is 21.6 Å². The fraction of sp³-hybridized carbons (Fsp3) is 0.625. The van der Waals surface area contributed by atoms with Gasteiger partial charge in [0.1, 0.15) is 0 Å². The van der Waals surface area contributed by atoms with Gasteiger partial charge in [-0.1, -0.05) is 24.4 Å². The van der Waals surface area contributed by atoms with Crippen molar-refractivity contribution in [3.8, 4) is 0 Å². The summed E-state index contributed by atoms with van der Waals surface area (Å²) in [6.45, 7) is 3.22. The lowest BCUT2D eigenvalue weighted by molar-refractivity contribution is 0.00211. The molecule has 1 N–H and O–H groups in total. The van der Waals surface area contributed by atoms with Gasteiger partial charge < -0.3 is 4.74 Å². The third-order valence-corrected chi connectivity index (χ3v) is 6.43. The summed E-state index contributed by atoms with van der Waals surface area (Å²) in [6, 6.07) is 6.54. The molecule has 0 unspecified atom stereocenters. The first-order chi connectivity index (χ1) is 11.1. The molecular weight excluding hydrogens is 336 g/mol. The summed E-state index contributed by atoms with van der Waals surface area (Å²) in [7, 11) is -3.51. The Hall–Kier alpha value is -0.660. The van der Waals surface area contributed by atoms with Gasteiger partial charge in [-0.2, -0.15) is 0 Å². The predicted molar refractivity (Wildman–Crippen MR) is 90.2 cm³/mol. The van der Waals surface area contributed by atoms with E-state index in [-0.39, 0.29) is 17.0 Å². The van der Waals surface area contributed by atoms with E-state index in [0.717, 1.165) is 52.0 Å². The second-order valence-corrected chi connectivity index (χ2v) is 8.33. The van der Waals surface area contributed by atoms with Gasteiger partial charge in [0.05, 0.1) is 18.1 Å². The molecule has 1 aliphatic heterocycles. The minimum atomic E-state index is -3.51. The van der Waals surface area contributed by atoms with Gasteiger partial charge in [-0.15, -0.1) is 0 Å². The average molecular weight is 359 g/mol. The van der Waals surface area contributed by atoms with Crippen molar-refractivity contribution in [3.63, 3.8) is 0 Å². The minimum absolute atomic E-state index is 0.0393. The molecule has 1 heterocycles. The van der Waals surface area contributed by atoms with E-state index in [1.165, 1.54) is 0 Å². The third kappa shape index (κ3) is 4.25. The van der Waals surface area contributed by atoms with Gasteiger partial charge in [0.15, 0.2) is 0 Å². The molecule has 5 nitrogen and oxygen atoms in total. The van der Waals surface area contributed by atoms with Crippen molar-refractivity contribution in [1.82, 2.24) is 9.62 Å². The molecule has 1 aromatic carbocycles. The molecule has 1 aliphatic carbocycles. The number of hydrogen-bond acceptors (Lipinski definition) is 4. The van der Waals surface area contributed by atoms with Crippen molar-refractivity contribution in [1.29, 1.82) is 0 Å². The number of benzene rings is 1. The fourth-order valence-corrected chi connectivity index (χ4v) is 4.91. The van der Waals surface area contributed by atoms with Crippen LogP contribution in [-0.4, -0.2) is 51.7 Å². The maximum atomic E-state index is 12.6. The maximum absolute atomic E-state index is 12.6. The van der Waals surface area contributed by atoms with Crippen LogP contribution < -0.4 is 4.72 Å². The van der Waals surface area contributed by atoms with E-state index < -0.39 is 10.0 Å². The molecule has 0 radical (unpaired) electrons. The number of ether oxygens (including phenoxy) is 1. The van der Waals surface area contributed by atoms with Crippen molar-refractivity contribution in [2.24, 2.45) is 0 Å². The van der Waals surface area contributed by atoms with Gasteiger partial charge in [-0.25, -0.2) is 13.1 Å². The summed E-state index contributed by atoms with van der Waals surface area (Å²) in [5.41, 5.74) is 0. The number of morpholine rings is 1. The molecule has 0 aromatic heterocycles. The van der Waals surface area contributed by atoms with E-state index in [4.69, 9.17) is 16.3 Å². The summed E-state index contributed by atoms with van der Waals surface area (Å²) < 4.78 is 33.6. The Kier molecular flexibility index (Phi) is 5.59. The molecule has 2 atom stereocenters. The predicted octanol–water partition coefficient (Wildman–Crippen LogP) is 2.26. The first-order valence-electron chi connectivity index (χ1n) is 8.16. The number of halogens is 1. The smallest absolute Gasteiger partial charge is 0.240 e. The second kappa shape index (κ2) is 7.49. The van der Waals surface area contributed by atoms with E-state index in [1.807, 2.05) is 0 Å². The van der Waals surface area contributed by atoms with Crippen molar-refractivity contribution < 1.29 is 13.2 Å². The summed E-state index contributed by atoms with van der Waals surface area (Å²) in [4.78, 5) is 2.64. The second-order valence-electron chi connectivity index (χ2n) is 6.18. The normalized spacial score (nSPS) is 27.0. The van der Waals surface area contributed by atoms with E-state index in [0.29, 0.717) is 5.02 Å². The molecular formula is C16H23ClN2O3S. The molecule has 1 saturated carbocycles. The lowest BCUT2D eigenvalue weighted by atomic mass is 9.89. The molecule has 7 heteroatoms. The van der Waals surface area contributed by atoms with Crippen LogP contribution in [0.25, 0.3) is 0 Å². The van der Waals surface area contributed by atoms with Crippen molar-refractivity contribution in [2.45, 2.75) is 42.7 Å². The number of nitrogens with zero attached hydrogens (tertiary/aromatic N) is 1. The monoisotopic (exact) mass is 358 g/mol. The van der Waals surface area contributed by atoms with Gasteiger partial charge in [-0.3, -0.25) is 4.90 Å². The first-order valence-corrected chi connectivity index (χ1v) is 10.0.